The van der Waals surface area contributed by atoms with Gasteiger partial charge in [0.15, 0.2) is 0 Å². The lowest BCUT2D eigenvalue weighted by atomic mass is 9.88. The van der Waals surface area contributed by atoms with Gasteiger partial charge < -0.3 is 19.0 Å². The van der Waals surface area contributed by atoms with Gasteiger partial charge in [-0.1, -0.05) is 123 Å². The van der Waals surface area contributed by atoms with Crippen molar-refractivity contribution in [1.29, 1.82) is 0 Å². The number of fused-ring (bicyclic) bond motifs is 6. The Balaban J connectivity index is 1.04. The minimum absolute atomic E-state index is 0.0502. The maximum atomic E-state index is 6.88. The SMILES string of the molecule is Cc1cc(C)c(N2CN(c3cccc(Oc4ccc5c6cc7oc8ccccc8c7cc6n(-c6cc(C(C)(C)C)ccn6)c5c4)c3)C(c3ccccc3)=C2c2ccccc2)c(C)c1. The van der Waals surface area contributed by atoms with E-state index in [1.807, 2.05) is 24.4 Å². The highest BCUT2D eigenvalue weighted by Gasteiger charge is 2.34. The van der Waals surface area contributed by atoms with Crippen LogP contribution in [0.25, 0.3) is 61.0 Å². The molecule has 6 nitrogen and oxygen atoms in total. The molecule has 10 aromatic rings. The fraction of sp³-hybridized carbons (Fsp3) is 0.140. The topological polar surface area (TPSA) is 46.7 Å². The Hall–Kier alpha value is -7.57. The molecule has 1 aliphatic rings. The van der Waals surface area contributed by atoms with Crippen molar-refractivity contribution in [3.63, 3.8) is 0 Å². The van der Waals surface area contributed by atoms with Crippen molar-refractivity contribution < 1.29 is 9.15 Å². The normalized spacial score (nSPS) is 13.4. The third kappa shape index (κ3) is 6.61. The van der Waals surface area contributed by atoms with Crippen LogP contribution >= 0.6 is 0 Å². The molecule has 6 heteroatoms. The summed E-state index contributed by atoms with van der Waals surface area (Å²) in [5.74, 6) is 2.35. The number of benzene rings is 7. The predicted octanol–water partition coefficient (Wildman–Crippen LogP) is 14.9. The zero-order valence-corrected chi connectivity index (χ0v) is 36.5. The second-order valence-corrected chi connectivity index (χ2v) is 17.9. The van der Waals surface area contributed by atoms with Gasteiger partial charge >= 0.3 is 0 Å². The van der Waals surface area contributed by atoms with Gasteiger partial charge in [-0.2, -0.15) is 0 Å². The average molecular weight is 821 g/mol. The highest BCUT2D eigenvalue weighted by molar-refractivity contribution is 6.17. The Morgan fingerprint density at radius 1 is 0.540 bits per heavy atom. The smallest absolute Gasteiger partial charge is 0.137 e. The third-order valence-corrected chi connectivity index (χ3v) is 12.5. The quantitative estimate of drug-likeness (QED) is 0.160. The Kier molecular flexibility index (Phi) is 9.02. The largest absolute Gasteiger partial charge is 0.457 e. The molecule has 0 saturated heterocycles. The van der Waals surface area contributed by atoms with Gasteiger partial charge in [0.05, 0.1) is 22.4 Å². The minimum Gasteiger partial charge on any atom is -0.457 e. The highest BCUT2D eigenvalue weighted by atomic mass is 16.5. The lowest BCUT2D eigenvalue weighted by Gasteiger charge is -2.28. The predicted molar refractivity (Wildman–Crippen MR) is 261 cm³/mol. The standard InChI is InChI=1S/C57H48N4O2/c1-36-28-37(2)54(38(3)29-36)60-35-59(55(39-16-9-7-10-17-39)56(60)40-18-11-8-12-19-40)42-20-15-21-43(31-42)62-44-24-25-45-47-34-52-48(46-22-13-14-23-51(46)63-52)33-50(47)61(49(45)32-44)53-30-41(26-27-58-53)57(4,5)6/h7-34H,35H2,1-6H3. The molecular weight excluding hydrogens is 773 g/mol. The van der Waals surface area contributed by atoms with Crippen LogP contribution in [-0.4, -0.2) is 16.2 Å². The fourth-order valence-corrected chi connectivity index (χ4v) is 9.69. The number of rotatable bonds is 7. The molecule has 11 rings (SSSR count). The maximum Gasteiger partial charge on any atom is 0.137 e. The second kappa shape index (κ2) is 14.8. The molecule has 0 radical (unpaired) electrons. The summed E-state index contributed by atoms with van der Waals surface area (Å²) in [5, 5.41) is 4.37. The van der Waals surface area contributed by atoms with Crippen LogP contribution in [0.5, 0.6) is 11.5 Å². The van der Waals surface area contributed by atoms with E-state index in [4.69, 9.17) is 14.1 Å². The molecule has 0 saturated carbocycles. The first-order chi connectivity index (χ1) is 30.6. The van der Waals surface area contributed by atoms with E-state index in [-0.39, 0.29) is 5.41 Å². The molecular formula is C57H48N4O2. The van der Waals surface area contributed by atoms with E-state index < -0.39 is 0 Å². The van der Waals surface area contributed by atoms with Crippen molar-refractivity contribution in [3.05, 3.63) is 203 Å². The summed E-state index contributed by atoms with van der Waals surface area (Å²) < 4.78 is 15.6. The van der Waals surface area contributed by atoms with Crippen molar-refractivity contribution >= 4 is 66.5 Å². The molecule has 7 aromatic carbocycles. The van der Waals surface area contributed by atoms with E-state index in [1.54, 1.807) is 0 Å². The molecule has 63 heavy (non-hydrogen) atoms. The van der Waals surface area contributed by atoms with Gasteiger partial charge in [-0.05, 0) is 97.5 Å². The first-order valence-corrected chi connectivity index (χ1v) is 21.7. The number of pyridine rings is 1. The second-order valence-electron chi connectivity index (χ2n) is 17.9. The third-order valence-electron chi connectivity index (χ3n) is 12.5. The summed E-state index contributed by atoms with van der Waals surface area (Å²) in [7, 11) is 0. The first kappa shape index (κ1) is 38.4. The molecule has 4 heterocycles. The molecule has 0 aliphatic carbocycles. The average Bonchev–Trinajstić information content (AvgIpc) is 3.95. The number of hydrogen-bond acceptors (Lipinski definition) is 5. The first-order valence-electron chi connectivity index (χ1n) is 21.7. The zero-order valence-electron chi connectivity index (χ0n) is 36.5. The molecule has 0 N–H and O–H groups in total. The van der Waals surface area contributed by atoms with Gasteiger partial charge in [0, 0.05) is 62.4 Å². The van der Waals surface area contributed by atoms with Crippen LogP contribution in [0, 0.1) is 20.8 Å². The van der Waals surface area contributed by atoms with Crippen LogP contribution in [0.2, 0.25) is 0 Å². The number of furan rings is 1. The molecule has 0 spiro atoms. The van der Waals surface area contributed by atoms with Crippen LogP contribution in [0.4, 0.5) is 11.4 Å². The van der Waals surface area contributed by atoms with Crippen molar-refractivity contribution in [2.75, 3.05) is 16.5 Å². The molecule has 0 amide bonds. The van der Waals surface area contributed by atoms with Gasteiger partial charge in [0.1, 0.15) is 35.2 Å². The number of aromatic nitrogens is 2. The molecule has 0 atom stereocenters. The lowest BCUT2D eigenvalue weighted by Crippen LogP contribution is -2.28. The fourth-order valence-electron chi connectivity index (χ4n) is 9.69. The molecule has 0 fully saturated rings. The Morgan fingerprint density at radius 2 is 1.21 bits per heavy atom. The molecule has 0 unspecified atom stereocenters. The van der Waals surface area contributed by atoms with E-state index in [9.17, 15) is 0 Å². The van der Waals surface area contributed by atoms with Gasteiger partial charge in [0.2, 0.25) is 0 Å². The van der Waals surface area contributed by atoms with Crippen LogP contribution in [-0.2, 0) is 5.41 Å². The van der Waals surface area contributed by atoms with Crippen LogP contribution in [0.1, 0.15) is 54.2 Å². The van der Waals surface area contributed by atoms with E-state index in [0.29, 0.717) is 6.67 Å². The van der Waals surface area contributed by atoms with Gasteiger partial charge in [-0.3, -0.25) is 4.57 Å². The number of nitrogens with zero attached hydrogens (tertiary/aromatic N) is 4. The molecule has 3 aromatic heterocycles. The van der Waals surface area contributed by atoms with E-state index >= 15 is 0 Å². The molecule has 1 aliphatic heterocycles. The van der Waals surface area contributed by atoms with Gasteiger partial charge in [-0.25, -0.2) is 4.98 Å². The minimum atomic E-state index is -0.0502. The van der Waals surface area contributed by atoms with Crippen LogP contribution < -0.4 is 14.5 Å². The number of ether oxygens (including phenoxy) is 1. The van der Waals surface area contributed by atoms with E-state index in [0.717, 1.165) is 83.6 Å². The van der Waals surface area contributed by atoms with Crippen molar-refractivity contribution in [3.8, 4) is 17.3 Å². The zero-order chi connectivity index (χ0) is 43.0. The van der Waals surface area contributed by atoms with Gasteiger partial charge in [0.25, 0.3) is 0 Å². The Bertz CT molecular complexity index is 3400. The van der Waals surface area contributed by atoms with Crippen molar-refractivity contribution in [1.82, 2.24) is 9.55 Å². The van der Waals surface area contributed by atoms with Crippen molar-refractivity contribution in [2.24, 2.45) is 0 Å². The summed E-state index contributed by atoms with van der Waals surface area (Å²) >= 11 is 0. The van der Waals surface area contributed by atoms with E-state index in [2.05, 4.69) is 202 Å². The summed E-state index contributed by atoms with van der Waals surface area (Å²) in [4.78, 5) is 9.90. The summed E-state index contributed by atoms with van der Waals surface area (Å²) in [6.45, 7) is 14.0. The Labute approximate surface area is 367 Å². The summed E-state index contributed by atoms with van der Waals surface area (Å²) in [6, 6.07) is 58.0. The van der Waals surface area contributed by atoms with Crippen LogP contribution in [0.3, 0.4) is 0 Å². The summed E-state index contributed by atoms with van der Waals surface area (Å²) in [6.07, 6.45) is 1.92. The van der Waals surface area contributed by atoms with Crippen LogP contribution in [0.15, 0.2) is 174 Å². The monoisotopic (exact) mass is 820 g/mol. The lowest BCUT2D eigenvalue weighted by molar-refractivity contribution is 0.483. The maximum absolute atomic E-state index is 6.88. The van der Waals surface area contributed by atoms with E-state index in [1.165, 1.54) is 33.6 Å². The number of hydrogen-bond donors (Lipinski definition) is 0. The summed E-state index contributed by atoms with van der Waals surface area (Å²) in [5.41, 5.74) is 15.7. The number of anilines is 2. The molecule has 308 valence electrons. The Morgan fingerprint density at radius 3 is 1.94 bits per heavy atom. The number of aryl methyl sites for hydroxylation is 3. The van der Waals surface area contributed by atoms with Gasteiger partial charge in [-0.15, -0.1) is 0 Å². The highest BCUT2D eigenvalue weighted by Crippen LogP contribution is 2.46. The molecule has 0 bridgehead atoms. The number of para-hydroxylation sites is 1. The van der Waals surface area contributed by atoms with Crippen molar-refractivity contribution in [2.45, 2.75) is 47.0 Å².